The minimum Gasteiger partial charge on any atom is -0.261 e. The number of rotatable bonds is 3. The molecule has 0 saturated carbocycles. The highest BCUT2D eigenvalue weighted by atomic mass is 32.1. The first-order valence-electron chi connectivity index (χ1n) is 2.95. The van der Waals surface area contributed by atoms with Crippen molar-refractivity contribution in [3.8, 4) is 0 Å². The van der Waals surface area contributed by atoms with Gasteiger partial charge in [0.2, 0.25) is 0 Å². The summed E-state index contributed by atoms with van der Waals surface area (Å²) in [5.74, 6) is 0. The number of nitrogens with zero attached hydrogens (tertiary/aromatic N) is 4. The topological polar surface area (TPSA) is 34.0 Å². The fraction of sp³-hybridized carbons (Fsp3) is 0.400. The van der Waals surface area contributed by atoms with Crippen LogP contribution in [0.15, 0.2) is 12.7 Å². The molecule has 0 spiro atoms. The highest BCUT2D eigenvalue weighted by Crippen LogP contribution is 1.82. The maximum absolute atomic E-state index is 4.73. The molecule has 0 unspecified atom stereocenters. The average molecular weight is 156 g/mol. The van der Waals surface area contributed by atoms with E-state index in [0.717, 1.165) is 6.54 Å². The van der Waals surface area contributed by atoms with E-state index in [4.69, 9.17) is 12.2 Å². The van der Waals surface area contributed by atoms with E-state index in [1.807, 2.05) is 6.92 Å². The Labute approximate surface area is 64.4 Å². The van der Waals surface area contributed by atoms with Gasteiger partial charge in [-0.05, 0) is 6.92 Å². The quantitative estimate of drug-likeness (QED) is 0.585. The summed E-state index contributed by atoms with van der Waals surface area (Å²) in [6, 6.07) is 0. The van der Waals surface area contributed by atoms with Crippen LogP contribution in [0.4, 0.5) is 0 Å². The largest absolute Gasteiger partial charge is 0.261 e. The van der Waals surface area contributed by atoms with Crippen LogP contribution in [0.25, 0.3) is 0 Å². The lowest BCUT2D eigenvalue weighted by molar-refractivity contribution is 0.657. The van der Waals surface area contributed by atoms with Gasteiger partial charge in [0, 0.05) is 6.54 Å². The SMILES string of the molecule is CCN(C=S)n1cncn1. The van der Waals surface area contributed by atoms with Crippen molar-refractivity contribution < 1.29 is 0 Å². The summed E-state index contributed by atoms with van der Waals surface area (Å²) in [6.45, 7) is 2.79. The number of aromatic nitrogens is 3. The van der Waals surface area contributed by atoms with E-state index in [2.05, 4.69) is 10.1 Å². The number of thiocarbonyl (C=S) groups is 1. The lowest BCUT2D eigenvalue weighted by Gasteiger charge is -2.14. The molecule has 0 aromatic carbocycles. The molecule has 4 nitrogen and oxygen atoms in total. The Morgan fingerprint density at radius 2 is 2.60 bits per heavy atom. The van der Waals surface area contributed by atoms with Crippen LogP contribution in [-0.4, -0.2) is 26.9 Å². The Morgan fingerprint density at radius 3 is 3.00 bits per heavy atom. The van der Waals surface area contributed by atoms with E-state index < -0.39 is 0 Å². The van der Waals surface area contributed by atoms with E-state index in [9.17, 15) is 0 Å². The molecule has 10 heavy (non-hydrogen) atoms. The summed E-state index contributed by atoms with van der Waals surface area (Å²) in [6.07, 6.45) is 3.08. The third-order valence-corrected chi connectivity index (χ3v) is 1.36. The first-order valence-corrected chi connectivity index (χ1v) is 3.42. The first-order chi connectivity index (χ1) is 4.88. The van der Waals surface area contributed by atoms with Gasteiger partial charge in [0.25, 0.3) is 0 Å². The van der Waals surface area contributed by atoms with Gasteiger partial charge in [-0.3, -0.25) is 5.01 Å². The third kappa shape index (κ3) is 1.30. The summed E-state index contributed by atoms with van der Waals surface area (Å²) in [5.41, 5.74) is 1.54. The minimum atomic E-state index is 0.798. The molecule has 0 radical (unpaired) electrons. The van der Waals surface area contributed by atoms with Gasteiger partial charge in [-0.2, -0.15) is 4.79 Å². The summed E-state index contributed by atoms with van der Waals surface area (Å²) in [7, 11) is 0. The molecular weight excluding hydrogens is 148 g/mol. The monoisotopic (exact) mass is 156 g/mol. The summed E-state index contributed by atoms with van der Waals surface area (Å²) >= 11 is 4.73. The third-order valence-electron chi connectivity index (χ3n) is 1.12. The first kappa shape index (κ1) is 7.14. The van der Waals surface area contributed by atoms with E-state index in [1.165, 1.54) is 11.8 Å². The fourth-order valence-corrected chi connectivity index (χ4v) is 0.848. The Balaban J connectivity index is 2.73. The Bertz CT molecular complexity index is 195. The molecule has 1 aromatic heterocycles. The smallest absolute Gasteiger partial charge is 0.139 e. The second-order valence-electron chi connectivity index (χ2n) is 1.68. The Hall–Kier alpha value is -0.970. The maximum Gasteiger partial charge on any atom is 0.139 e. The van der Waals surface area contributed by atoms with Crippen LogP contribution in [0.3, 0.4) is 0 Å². The summed E-state index contributed by atoms with van der Waals surface area (Å²) in [4.78, 5) is 5.37. The van der Waals surface area contributed by atoms with Crippen LogP contribution in [-0.2, 0) is 0 Å². The van der Waals surface area contributed by atoms with E-state index in [1.54, 1.807) is 16.1 Å². The zero-order valence-electron chi connectivity index (χ0n) is 5.64. The second kappa shape index (κ2) is 3.26. The van der Waals surface area contributed by atoms with Crippen molar-refractivity contribution in [2.24, 2.45) is 0 Å². The van der Waals surface area contributed by atoms with Gasteiger partial charge in [0.1, 0.15) is 12.7 Å². The maximum atomic E-state index is 4.73. The van der Waals surface area contributed by atoms with Crippen molar-refractivity contribution in [1.82, 2.24) is 14.9 Å². The van der Waals surface area contributed by atoms with Crippen molar-refractivity contribution in [3.05, 3.63) is 12.7 Å². The zero-order valence-corrected chi connectivity index (χ0v) is 6.45. The lowest BCUT2D eigenvalue weighted by Crippen LogP contribution is -2.32. The molecule has 0 atom stereocenters. The molecule has 1 heterocycles. The second-order valence-corrected chi connectivity index (χ2v) is 1.89. The van der Waals surface area contributed by atoms with Crippen LogP contribution in [0, 0.1) is 0 Å². The van der Waals surface area contributed by atoms with Gasteiger partial charge >= 0.3 is 0 Å². The highest BCUT2D eigenvalue weighted by molar-refractivity contribution is 7.79. The van der Waals surface area contributed by atoms with Gasteiger partial charge < -0.3 is 0 Å². The van der Waals surface area contributed by atoms with Crippen molar-refractivity contribution in [1.29, 1.82) is 0 Å². The van der Waals surface area contributed by atoms with Crippen molar-refractivity contribution >= 4 is 17.7 Å². The molecule has 1 rings (SSSR count). The molecule has 54 valence electrons. The molecule has 0 fully saturated rings. The zero-order chi connectivity index (χ0) is 7.40. The molecular formula is C5H8N4S. The number of hydrogen-bond donors (Lipinski definition) is 0. The van der Waals surface area contributed by atoms with Crippen LogP contribution in [0.5, 0.6) is 0 Å². The fourth-order valence-electron chi connectivity index (χ4n) is 0.602. The van der Waals surface area contributed by atoms with E-state index >= 15 is 0 Å². The van der Waals surface area contributed by atoms with Crippen LogP contribution in [0.2, 0.25) is 0 Å². The Morgan fingerprint density at radius 1 is 1.80 bits per heavy atom. The molecule has 1 aromatic rings. The molecule has 0 N–H and O–H groups in total. The molecule has 0 bridgehead atoms. The van der Waals surface area contributed by atoms with Gasteiger partial charge in [-0.1, -0.05) is 12.2 Å². The van der Waals surface area contributed by atoms with Crippen LogP contribution in [0.1, 0.15) is 6.92 Å². The van der Waals surface area contributed by atoms with E-state index in [0.29, 0.717) is 0 Å². The predicted molar refractivity (Wildman–Crippen MR) is 42.4 cm³/mol. The normalized spacial score (nSPS) is 9.30. The minimum absolute atomic E-state index is 0.798. The highest BCUT2D eigenvalue weighted by Gasteiger charge is 1.95. The average Bonchev–Trinajstić information content (AvgIpc) is 2.43. The van der Waals surface area contributed by atoms with Crippen molar-refractivity contribution in [2.75, 3.05) is 11.6 Å². The van der Waals surface area contributed by atoms with Gasteiger partial charge in [-0.15, -0.1) is 5.10 Å². The molecule has 5 heteroatoms. The lowest BCUT2D eigenvalue weighted by atomic mass is 10.7. The van der Waals surface area contributed by atoms with Crippen LogP contribution < -0.4 is 5.01 Å². The van der Waals surface area contributed by atoms with Gasteiger partial charge in [0.05, 0.1) is 5.49 Å². The van der Waals surface area contributed by atoms with Gasteiger partial charge in [0.15, 0.2) is 0 Å². The van der Waals surface area contributed by atoms with Crippen molar-refractivity contribution in [2.45, 2.75) is 6.92 Å². The predicted octanol–water partition coefficient (Wildman–Crippen LogP) is 0.193. The summed E-state index contributed by atoms with van der Waals surface area (Å²) in [5, 5.41) is 5.66. The molecule has 0 aliphatic heterocycles. The van der Waals surface area contributed by atoms with Crippen LogP contribution >= 0.6 is 12.2 Å². The summed E-state index contributed by atoms with van der Waals surface area (Å²) < 4.78 is 0. The molecule has 0 aliphatic carbocycles. The molecule has 0 amide bonds. The Kier molecular flexibility index (Phi) is 2.33. The van der Waals surface area contributed by atoms with Crippen molar-refractivity contribution in [3.63, 3.8) is 0 Å². The molecule has 0 aliphatic rings. The number of hydrogen-bond acceptors (Lipinski definition) is 3. The van der Waals surface area contributed by atoms with Gasteiger partial charge in [-0.25, -0.2) is 4.98 Å². The standard InChI is InChI=1S/C5H8N4S/c1-2-8(5-10)9-4-6-3-7-9/h3-5H,2H2,1H3. The molecule has 0 saturated heterocycles. The van der Waals surface area contributed by atoms with E-state index in [-0.39, 0.29) is 0 Å².